The van der Waals surface area contributed by atoms with E-state index in [4.69, 9.17) is 26.2 Å². The number of hydrogen-bond donors (Lipinski definition) is 3. The number of aliphatic hydroxyl groups is 1. The molecule has 1 aromatic heterocycles. The Morgan fingerprint density at radius 2 is 1.97 bits per heavy atom. The second-order valence-corrected chi connectivity index (χ2v) is 8.76. The van der Waals surface area contributed by atoms with Crippen molar-refractivity contribution in [3.8, 4) is 22.8 Å². The van der Waals surface area contributed by atoms with Gasteiger partial charge in [0.1, 0.15) is 18.2 Å². The van der Waals surface area contributed by atoms with Crippen LogP contribution in [0.3, 0.4) is 0 Å². The van der Waals surface area contributed by atoms with Crippen molar-refractivity contribution in [2.24, 2.45) is 0 Å². The number of halogens is 3. The summed E-state index contributed by atoms with van der Waals surface area (Å²) in [6.45, 7) is 1.64. The first-order chi connectivity index (χ1) is 17.3. The highest BCUT2D eigenvalue weighted by Crippen LogP contribution is 2.56. The molecule has 2 atom stereocenters. The number of nitrogens with zero attached hydrogens (tertiary/aromatic N) is 1. The minimum absolute atomic E-state index is 0.0135. The van der Waals surface area contributed by atoms with Gasteiger partial charge in [-0.05, 0) is 12.6 Å². The molecule has 1 aliphatic heterocycles. The van der Waals surface area contributed by atoms with E-state index in [9.17, 15) is 4.79 Å². The third-order valence-corrected chi connectivity index (χ3v) is 6.76. The largest absolute Gasteiger partial charge is 0.480 e. The molecule has 190 valence electrons. The Morgan fingerprint density at radius 3 is 2.61 bits per heavy atom. The number of rotatable bonds is 8. The van der Waals surface area contributed by atoms with Gasteiger partial charge >= 0.3 is 0 Å². The predicted molar refractivity (Wildman–Crippen MR) is 132 cm³/mol. The second-order valence-electron chi connectivity index (χ2n) is 8.39. The second kappa shape index (κ2) is 10.4. The lowest BCUT2D eigenvalue weighted by Gasteiger charge is -2.33. The van der Waals surface area contributed by atoms with E-state index in [-0.39, 0.29) is 40.7 Å². The number of carbonyl (C=O) groups is 1. The highest BCUT2D eigenvalue weighted by Gasteiger charge is 2.49. The summed E-state index contributed by atoms with van der Waals surface area (Å²) in [5, 5.41) is 14.3. The van der Waals surface area contributed by atoms with Crippen molar-refractivity contribution in [3.05, 3.63) is 75.9 Å². The molecule has 0 saturated carbocycles. The number of benzene rings is 2. The quantitative estimate of drug-likeness (QED) is 0.418. The lowest BCUT2D eigenvalue weighted by Crippen LogP contribution is -2.43. The van der Waals surface area contributed by atoms with Crippen LogP contribution in [-0.4, -0.2) is 49.9 Å². The number of nitrogens with one attached hydrogen (secondary N) is 2. The molecule has 1 amide bonds. The van der Waals surface area contributed by atoms with Gasteiger partial charge in [-0.1, -0.05) is 48.9 Å². The number of amides is 1. The number of aliphatic hydroxyl groups excluding tert-OH is 1. The molecule has 0 saturated heterocycles. The van der Waals surface area contributed by atoms with E-state index in [1.807, 2.05) is 37.3 Å². The van der Waals surface area contributed by atoms with Gasteiger partial charge in [-0.2, -0.15) is 0 Å². The Labute approximate surface area is 212 Å². The molecule has 3 N–H and O–H groups in total. The van der Waals surface area contributed by atoms with Crippen molar-refractivity contribution in [2.75, 3.05) is 33.9 Å². The van der Waals surface area contributed by atoms with Crippen molar-refractivity contribution < 1.29 is 28.2 Å². The van der Waals surface area contributed by atoms with Crippen LogP contribution in [0.25, 0.3) is 11.1 Å². The van der Waals surface area contributed by atoms with E-state index in [1.54, 1.807) is 7.05 Å². The fourth-order valence-corrected chi connectivity index (χ4v) is 4.99. The number of aromatic nitrogens is 1. The standard InChI is InChI=1S/C26H26ClF2N3O4/c1-14-19-18(36-26(14,13-30-2)15-7-5-4-6-8-15)11-17(28)22(27)21(19)20-16(24(34)31-3)12-32-25(23(20)29)35-10-9-33/h4-8,11-12,14,30,33H,9-10,13H2,1-3H3,(H,31,34). The Kier molecular flexibility index (Phi) is 7.44. The van der Waals surface area contributed by atoms with Gasteiger partial charge < -0.3 is 25.2 Å². The molecule has 7 nitrogen and oxygen atoms in total. The number of hydrogen-bond acceptors (Lipinski definition) is 6. The van der Waals surface area contributed by atoms with Gasteiger partial charge in [0.15, 0.2) is 11.4 Å². The van der Waals surface area contributed by atoms with Crippen LogP contribution in [0, 0.1) is 11.6 Å². The Bertz CT molecular complexity index is 1290. The summed E-state index contributed by atoms with van der Waals surface area (Å²) in [6, 6.07) is 10.6. The molecule has 1 aliphatic rings. The van der Waals surface area contributed by atoms with Crippen LogP contribution in [0.15, 0.2) is 42.6 Å². The number of carbonyl (C=O) groups excluding carboxylic acids is 1. The normalized spacial score (nSPS) is 18.5. The van der Waals surface area contributed by atoms with Crippen LogP contribution in [0.1, 0.15) is 34.3 Å². The lowest BCUT2D eigenvalue weighted by atomic mass is 9.77. The first-order valence-corrected chi connectivity index (χ1v) is 11.7. The van der Waals surface area contributed by atoms with E-state index < -0.39 is 34.9 Å². The van der Waals surface area contributed by atoms with Gasteiger partial charge in [0, 0.05) is 48.5 Å². The first kappa shape index (κ1) is 25.8. The van der Waals surface area contributed by atoms with Gasteiger partial charge in [-0.15, -0.1) is 0 Å². The Morgan fingerprint density at radius 1 is 1.25 bits per heavy atom. The molecule has 36 heavy (non-hydrogen) atoms. The van der Waals surface area contributed by atoms with Gasteiger partial charge in [0.2, 0.25) is 0 Å². The maximum atomic E-state index is 15.9. The summed E-state index contributed by atoms with van der Waals surface area (Å²) in [5.41, 5.74) is -0.110. The molecule has 4 rings (SSSR count). The van der Waals surface area contributed by atoms with Gasteiger partial charge in [0.05, 0.1) is 17.2 Å². The van der Waals surface area contributed by atoms with Crippen molar-refractivity contribution >= 4 is 17.5 Å². The molecule has 3 aromatic rings. The summed E-state index contributed by atoms with van der Waals surface area (Å²) >= 11 is 6.50. The predicted octanol–water partition coefficient (Wildman–Crippen LogP) is 4.02. The minimum atomic E-state index is -1.00. The minimum Gasteiger partial charge on any atom is -0.480 e. The molecule has 0 spiro atoms. The molecule has 0 fully saturated rings. The maximum absolute atomic E-state index is 15.9. The molecule has 0 aliphatic carbocycles. The summed E-state index contributed by atoms with van der Waals surface area (Å²) in [6.07, 6.45) is 1.14. The van der Waals surface area contributed by atoms with Crippen LogP contribution in [0.4, 0.5) is 8.78 Å². The highest BCUT2D eigenvalue weighted by atomic mass is 35.5. The summed E-state index contributed by atoms with van der Waals surface area (Å²) in [4.78, 5) is 16.6. The number of ether oxygens (including phenoxy) is 2. The monoisotopic (exact) mass is 517 g/mol. The Hall–Kier alpha value is -3.27. The average Bonchev–Trinajstić information content (AvgIpc) is 3.16. The average molecular weight is 518 g/mol. The fourth-order valence-electron chi connectivity index (χ4n) is 4.74. The molecule has 2 aromatic carbocycles. The zero-order chi connectivity index (χ0) is 26.0. The van der Waals surface area contributed by atoms with Gasteiger partial charge in [0.25, 0.3) is 11.8 Å². The smallest absolute Gasteiger partial charge is 0.253 e. The van der Waals surface area contributed by atoms with Crippen LogP contribution < -0.4 is 20.1 Å². The lowest BCUT2D eigenvalue weighted by molar-refractivity contribution is 0.0719. The van der Waals surface area contributed by atoms with E-state index in [0.29, 0.717) is 12.1 Å². The summed E-state index contributed by atoms with van der Waals surface area (Å²) in [7, 11) is 3.16. The van der Waals surface area contributed by atoms with Crippen LogP contribution >= 0.6 is 11.6 Å². The number of fused-ring (bicyclic) bond motifs is 1. The first-order valence-electron chi connectivity index (χ1n) is 11.4. The number of pyridine rings is 1. The van der Waals surface area contributed by atoms with Crippen molar-refractivity contribution in [1.82, 2.24) is 15.6 Å². The van der Waals surface area contributed by atoms with Gasteiger partial charge in [-0.3, -0.25) is 4.79 Å². The maximum Gasteiger partial charge on any atom is 0.253 e. The van der Waals surface area contributed by atoms with Crippen molar-refractivity contribution in [1.29, 1.82) is 0 Å². The Balaban J connectivity index is 2.03. The number of likely N-dealkylation sites (N-methyl/N-ethyl adjacent to an activating group) is 1. The molecule has 0 bridgehead atoms. The summed E-state index contributed by atoms with van der Waals surface area (Å²) in [5.74, 6) is -3.18. The molecular weight excluding hydrogens is 492 g/mol. The van der Waals surface area contributed by atoms with E-state index in [2.05, 4.69) is 15.6 Å². The van der Waals surface area contributed by atoms with Crippen LogP contribution in [0.2, 0.25) is 5.02 Å². The van der Waals surface area contributed by atoms with E-state index >= 15 is 8.78 Å². The third kappa shape index (κ3) is 4.17. The molecule has 2 unspecified atom stereocenters. The molecule has 0 radical (unpaired) electrons. The van der Waals surface area contributed by atoms with E-state index in [0.717, 1.165) is 11.8 Å². The zero-order valence-electron chi connectivity index (χ0n) is 20.0. The molecular formula is C26H26ClF2N3O4. The molecule has 2 heterocycles. The SMILES string of the molecule is CNCC1(c2ccccc2)Oc2cc(F)c(Cl)c(-c3c(C(=O)NC)cnc(OCCO)c3F)c2C1C. The fraction of sp³-hybridized carbons (Fsp3) is 0.308. The van der Waals surface area contributed by atoms with E-state index in [1.165, 1.54) is 13.1 Å². The summed E-state index contributed by atoms with van der Waals surface area (Å²) < 4.78 is 42.8. The van der Waals surface area contributed by atoms with Crippen LogP contribution in [0.5, 0.6) is 11.6 Å². The van der Waals surface area contributed by atoms with Crippen molar-refractivity contribution in [3.63, 3.8) is 0 Å². The molecule has 10 heteroatoms. The highest BCUT2D eigenvalue weighted by molar-refractivity contribution is 6.34. The van der Waals surface area contributed by atoms with Crippen molar-refractivity contribution in [2.45, 2.75) is 18.4 Å². The topological polar surface area (TPSA) is 92.7 Å². The van der Waals surface area contributed by atoms with Crippen LogP contribution in [-0.2, 0) is 5.60 Å². The third-order valence-electron chi connectivity index (χ3n) is 6.39. The van der Waals surface area contributed by atoms with Gasteiger partial charge in [-0.25, -0.2) is 13.8 Å². The zero-order valence-corrected chi connectivity index (χ0v) is 20.7.